The van der Waals surface area contributed by atoms with E-state index < -0.39 is 17.3 Å². The third kappa shape index (κ3) is 4.65. The van der Waals surface area contributed by atoms with Crippen LogP contribution < -0.4 is 14.8 Å². The van der Waals surface area contributed by atoms with Crippen molar-refractivity contribution in [2.75, 3.05) is 26.6 Å². The number of carbonyl (C=O) groups is 2. The van der Waals surface area contributed by atoms with Gasteiger partial charge in [0.2, 0.25) is 0 Å². The first-order chi connectivity index (χ1) is 12.5. The lowest BCUT2D eigenvalue weighted by atomic mass is 10.2. The number of amides is 1. The van der Waals surface area contributed by atoms with Crippen molar-refractivity contribution in [3.63, 3.8) is 0 Å². The van der Waals surface area contributed by atoms with Gasteiger partial charge in [-0.25, -0.2) is 0 Å². The Morgan fingerprint density at radius 3 is 2.69 bits per heavy atom. The molecule has 1 aromatic carbocycles. The van der Waals surface area contributed by atoms with Gasteiger partial charge in [0.15, 0.2) is 11.5 Å². The highest BCUT2D eigenvalue weighted by molar-refractivity contribution is 8.22. The molecule has 0 aromatic heterocycles. The van der Waals surface area contributed by atoms with E-state index >= 15 is 0 Å². The fraction of sp³-hybridized carbons (Fsp3) is 0.353. The summed E-state index contributed by atoms with van der Waals surface area (Å²) in [6.45, 7) is 2.00. The molecule has 1 aromatic rings. The van der Waals surface area contributed by atoms with E-state index in [9.17, 15) is 14.9 Å². The van der Waals surface area contributed by atoms with Gasteiger partial charge in [-0.15, -0.1) is 11.8 Å². The number of benzene rings is 1. The molecule has 1 amide bonds. The second kappa shape index (κ2) is 9.40. The van der Waals surface area contributed by atoms with Crippen LogP contribution >= 0.6 is 23.5 Å². The normalized spacial score (nSPS) is 16.5. The topological polar surface area (TPSA) is 97.7 Å². The lowest BCUT2D eigenvalue weighted by Gasteiger charge is -2.25. The van der Waals surface area contributed by atoms with E-state index in [-0.39, 0.29) is 17.9 Å². The summed E-state index contributed by atoms with van der Waals surface area (Å²) in [6, 6.07) is 7.22. The minimum absolute atomic E-state index is 0.000949. The number of carbonyl (C=O) groups excluding carboxylic acids is 2. The van der Waals surface area contributed by atoms with Crippen LogP contribution in [-0.4, -0.2) is 38.5 Å². The van der Waals surface area contributed by atoms with Gasteiger partial charge in [0.1, 0.15) is 17.0 Å². The van der Waals surface area contributed by atoms with Crippen LogP contribution in [0.5, 0.6) is 11.5 Å². The molecule has 0 bridgehead atoms. The molecule has 0 aliphatic carbocycles. The Morgan fingerprint density at radius 2 is 2.08 bits per heavy atom. The Bertz CT molecular complexity index is 773. The number of rotatable bonds is 7. The molecule has 0 unspecified atom stereocenters. The maximum absolute atomic E-state index is 12.3. The van der Waals surface area contributed by atoms with Gasteiger partial charge in [0, 0.05) is 0 Å². The summed E-state index contributed by atoms with van der Waals surface area (Å²) in [5.74, 6) is 0.283. The Hall–Kier alpha value is -2.31. The Balaban J connectivity index is 2.23. The molecule has 1 heterocycles. The molecule has 7 nitrogen and oxygen atoms in total. The molecule has 1 aliphatic heterocycles. The molecule has 0 saturated heterocycles. The lowest BCUT2D eigenvalue weighted by molar-refractivity contribution is -0.139. The van der Waals surface area contributed by atoms with Gasteiger partial charge in [-0.3, -0.25) is 9.59 Å². The zero-order valence-electron chi connectivity index (χ0n) is 14.5. The first-order valence-electron chi connectivity index (χ1n) is 7.66. The maximum atomic E-state index is 12.3. The summed E-state index contributed by atoms with van der Waals surface area (Å²) < 4.78 is 15.9. The predicted octanol–water partition coefficient (Wildman–Crippen LogP) is 2.60. The second-order valence-electron chi connectivity index (χ2n) is 4.95. The summed E-state index contributed by atoms with van der Waals surface area (Å²) in [5, 5.41) is 11.6. The summed E-state index contributed by atoms with van der Waals surface area (Å²) in [7, 11) is 3.07. The van der Waals surface area contributed by atoms with Gasteiger partial charge in [0.25, 0.3) is 5.91 Å². The van der Waals surface area contributed by atoms with Crippen molar-refractivity contribution in [2.45, 2.75) is 12.3 Å². The van der Waals surface area contributed by atoms with E-state index in [1.54, 1.807) is 26.2 Å². The molecule has 0 spiro atoms. The molecule has 2 rings (SSSR count). The average Bonchev–Trinajstić information content (AvgIpc) is 2.65. The number of nitrogens with one attached hydrogen (secondary N) is 1. The summed E-state index contributed by atoms with van der Waals surface area (Å²) in [5.41, 5.74) is 0.785. The van der Waals surface area contributed by atoms with E-state index in [0.717, 1.165) is 17.3 Å². The highest BCUT2D eigenvalue weighted by Crippen LogP contribution is 2.45. The number of hydrogen-bond acceptors (Lipinski definition) is 8. The average molecular weight is 394 g/mol. The first kappa shape index (κ1) is 20.0. The van der Waals surface area contributed by atoms with Gasteiger partial charge in [0.05, 0.1) is 30.8 Å². The highest BCUT2D eigenvalue weighted by atomic mass is 32.2. The third-order valence-corrected chi connectivity index (χ3v) is 5.90. The molecule has 9 heteroatoms. The minimum Gasteiger partial charge on any atom is -0.493 e. The van der Waals surface area contributed by atoms with Crippen LogP contribution in [0.2, 0.25) is 0 Å². The van der Waals surface area contributed by atoms with E-state index in [2.05, 4.69) is 5.32 Å². The van der Waals surface area contributed by atoms with Crippen LogP contribution in [0.3, 0.4) is 0 Å². The number of methoxy groups -OCH3 is 2. The zero-order chi connectivity index (χ0) is 19.1. The van der Waals surface area contributed by atoms with Crippen LogP contribution in [0.1, 0.15) is 17.9 Å². The number of nitriles is 1. The first-order valence-corrected chi connectivity index (χ1v) is 9.52. The molecule has 0 fully saturated rings. The predicted molar refractivity (Wildman–Crippen MR) is 99.8 cm³/mol. The lowest BCUT2D eigenvalue weighted by Crippen LogP contribution is -2.31. The zero-order valence-corrected chi connectivity index (χ0v) is 16.2. The van der Waals surface area contributed by atoms with E-state index in [4.69, 9.17) is 14.2 Å². The SMILES string of the molecule is CCOC(=O)CSC1=C(C#N)C(=O)N[C@H](c2ccc(OC)c(OC)c2)S1. The molecule has 1 aliphatic rings. The van der Waals surface area contributed by atoms with Crippen LogP contribution in [0.4, 0.5) is 0 Å². The fourth-order valence-corrected chi connectivity index (χ4v) is 4.45. The Morgan fingerprint density at radius 1 is 1.35 bits per heavy atom. The van der Waals surface area contributed by atoms with Crippen molar-refractivity contribution in [3.05, 3.63) is 33.6 Å². The molecule has 0 radical (unpaired) electrons. The third-order valence-electron chi connectivity index (χ3n) is 3.37. The molecule has 0 saturated carbocycles. The van der Waals surface area contributed by atoms with Crippen molar-refractivity contribution < 1.29 is 23.8 Å². The number of hydrogen-bond donors (Lipinski definition) is 1. The highest BCUT2D eigenvalue weighted by Gasteiger charge is 2.30. The smallest absolute Gasteiger partial charge is 0.316 e. The van der Waals surface area contributed by atoms with Crippen molar-refractivity contribution in [1.82, 2.24) is 5.32 Å². The number of thioether (sulfide) groups is 2. The van der Waals surface area contributed by atoms with Crippen LogP contribution in [0, 0.1) is 11.3 Å². The Labute approximate surface area is 160 Å². The largest absolute Gasteiger partial charge is 0.493 e. The van der Waals surface area contributed by atoms with E-state index in [0.29, 0.717) is 15.7 Å². The van der Waals surface area contributed by atoms with Gasteiger partial charge in [-0.2, -0.15) is 5.26 Å². The summed E-state index contributed by atoms with van der Waals surface area (Å²) in [4.78, 5) is 23.9. The molecular formula is C17H18N2O5S2. The standard InChI is InChI=1S/C17H18N2O5S2/c1-4-24-14(20)9-25-17-11(8-18)15(21)19-16(26-17)10-5-6-12(22-2)13(7-10)23-3/h5-7,16H,4,9H2,1-3H3,(H,19,21)/t16-/m0/s1. The van der Waals surface area contributed by atoms with Crippen LogP contribution in [-0.2, 0) is 14.3 Å². The maximum Gasteiger partial charge on any atom is 0.316 e. The van der Waals surface area contributed by atoms with Crippen LogP contribution in [0.25, 0.3) is 0 Å². The van der Waals surface area contributed by atoms with Crippen molar-refractivity contribution in [3.8, 4) is 17.6 Å². The van der Waals surface area contributed by atoms with Crippen molar-refractivity contribution in [1.29, 1.82) is 5.26 Å². The monoisotopic (exact) mass is 394 g/mol. The van der Waals surface area contributed by atoms with E-state index in [1.807, 2.05) is 12.1 Å². The Kier molecular flexibility index (Phi) is 7.24. The molecular weight excluding hydrogens is 376 g/mol. The number of nitrogens with zero attached hydrogens (tertiary/aromatic N) is 1. The minimum atomic E-state index is -0.475. The van der Waals surface area contributed by atoms with Gasteiger partial charge >= 0.3 is 5.97 Å². The summed E-state index contributed by atoms with van der Waals surface area (Å²) >= 11 is 2.42. The molecule has 26 heavy (non-hydrogen) atoms. The molecule has 138 valence electrons. The number of ether oxygens (including phenoxy) is 3. The fourth-order valence-electron chi connectivity index (χ4n) is 2.18. The van der Waals surface area contributed by atoms with Crippen LogP contribution in [0.15, 0.2) is 28.0 Å². The molecule has 1 atom stereocenters. The quantitative estimate of drug-likeness (QED) is 0.705. The summed E-state index contributed by atoms with van der Waals surface area (Å²) in [6.07, 6.45) is 0. The van der Waals surface area contributed by atoms with Gasteiger partial charge < -0.3 is 19.5 Å². The van der Waals surface area contributed by atoms with Gasteiger partial charge in [-0.1, -0.05) is 17.8 Å². The number of esters is 1. The molecule has 1 N–H and O–H groups in total. The van der Waals surface area contributed by atoms with Crippen molar-refractivity contribution in [2.24, 2.45) is 0 Å². The van der Waals surface area contributed by atoms with Crippen molar-refractivity contribution >= 4 is 35.4 Å². The second-order valence-corrected chi connectivity index (χ2v) is 7.31. The van der Waals surface area contributed by atoms with E-state index in [1.165, 1.54) is 18.9 Å². The van der Waals surface area contributed by atoms with Gasteiger partial charge in [-0.05, 0) is 24.6 Å².